The standard InChI is InChI=1S/C14H17N3O/c1-3-14(2,13(15)18)17-12-9-8-10-6-4-5-7-11(10)16-12/h4-9H,3H2,1-2H3,(H2,15,18)(H,16,17). The van der Waals surface area contributed by atoms with Gasteiger partial charge in [-0.2, -0.15) is 0 Å². The van der Waals surface area contributed by atoms with Gasteiger partial charge in [0.25, 0.3) is 0 Å². The van der Waals surface area contributed by atoms with E-state index in [9.17, 15) is 4.79 Å². The first-order valence-corrected chi connectivity index (χ1v) is 5.99. The van der Waals surface area contributed by atoms with Gasteiger partial charge in [-0.1, -0.05) is 25.1 Å². The van der Waals surface area contributed by atoms with Gasteiger partial charge in [0.15, 0.2) is 0 Å². The van der Waals surface area contributed by atoms with Crippen molar-refractivity contribution in [3.8, 4) is 0 Å². The van der Waals surface area contributed by atoms with E-state index in [1.807, 2.05) is 43.3 Å². The van der Waals surface area contributed by atoms with E-state index in [4.69, 9.17) is 5.73 Å². The number of nitrogens with two attached hydrogens (primary N) is 1. The summed E-state index contributed by atoms with van der Waals surface area (Å²) < 4.78 is 0. The second-order valence-electron chi connectivity index (χ2n) is 4.56. The number of nitrogens with one attached hydrogen (secondary N) is 1. The molecule has 3 N–H and O–H groups in total. The van der Waals surface area contributed by atoms with Gasteiger partial charge in [-0.05, 0) is 31.5 Å². The van der Waals surface area contributed by atoms with Crippen molar-refractivity contribution in [2.24, 2.45) is 5.73 Å². The largest absolute Gasteiger partial charge is 0.368 e. The van der Waals surface area contributed by atoms with Gasteiger partial charge >= 0.3 is 0 Å². The van der Waals surface area contributed by atoms with Crippen molar-refractivity contribution in [2.75, 3.05) is 5.32 Å². The molecule has 0 saturated heterocycles. The zero-order valence-corrected chi connectivity index (χ0v) is 10.6. The summed E-state index contributed by atoms with van der Waals surface area (Å²) in [5, 5.41) is 4.18. The normalized spacial score (nSPS) is 14.1. The van der Waals surface area contributed by atoms with Gasteiger partial charge in [-0.3, -0.25) is 4.79 Å². The van der Waals surface area contributed by atoms with Gasteiger partial charge in [0.2, 0.25) is 5.91 Å². The third-order valence-electron chi connectivity index (χ3n) is 3.25. The average Bonchev–Trinajstić information content (AvgIpc) is 2.38. The maximum atomic E-state index is 11.5. The summed E-state index contributed by atoms with van der Waals surface area (Å²) in [6, 6.07) is 11.7. The maximum Gasteiger partial charge on any atom is 0.242 e. The number of primary amides is 1. The molecule has 0 radical (unpaired) electrons. The fraction of sp³-hybridized carbons (Fsp3) is 0.286. The predicted octanol–water partition coefficient (Wildman–Crippen LogP) is 2.30. The maximum absolute atomic E-state index is 11.5. The van der Waals surface area contributed by atoms with E-state index in [1.165, 1.54) is 0 Å². The average molecular weight is 243 g/mol. The number of rotatable bonds is 4. The molecule has 0 fully saturated rings. The van der Waals surface area contributed by atoms with Gasteiger partial charge in [0.1, 0.15) is 11.4 Å². The number of amides is 1. The highest BCUT2D eigenvalue weighted by molar-refractivity contribution is 5.88. The lowest BCUT2D eigenvalue weighted by Crippen LogP contribution is -2.47. The summed E-state index contributed by atoms with van der Waals surface area (Å²) in [4.78, 5) is 15.9. The Kier molecular flexibility index (Phi) is 3.19. The summed E-state index contributed by atoms with van der Waals surface area (Å²) >= 11 is 0. The number of hydrogen-bond acceptors (Lipinski definition) is 3. The Morgan fingerprint density at radius 2 is 2.06 bits per heavy atom. The van der Waals surface area contributed by atoms with E-state index in [0.29, 0.717) is 12.2 Å². The molecular formula is C14H17N3O. The number of anilines is 1. The quantitative estimate of drug-likeness (QED) is 0.865. The van der Waals surface area contributed by atoms with Crippen LogP contribution < -0.4 is 11.1 Å². The molecule has 2 aromatic rings. The Morgan fingerprint density at radius 1 is 1.33 bits per heavy atom. The Morgan fingerprint density at radius 3 is 2.72 bits per heavy atom. The molecule has 0 aliphatic carbocycles. The minimum absolute atomic E-state index is 0.375. The highest BCUT2D eigenvalue weighted by Crippen LogP contribution is 2.19. The molecule has 4 nitrogen and oxygen atoms in total. The van der Waals surface area contributed by atoms with E-state index in [0.717, 1.165) is 10.9 Å². The third kappa shape index (κ3) is 2.27. The van der Waals surface area contributed by atoms with Crippen LogP contribution in [-0.4, -0.2) is 16.4 Å². The zero-order chi connectivity index (χ0) is 13.2. The topological polar surface area (TPSA) is 68.0 Å². The lowest BCUT2D eigenvalue weighted by molar-refractivity contribution is -0.121. The molecule has 0 bridgehead atoms. The molecule has 0 spiro atoms. The Balaban J connectivity index is 2.34. The van der Waals surface area contributed by atoms with Crippen LogP contribution in [0.3, 0.4) is 0 Å². The SMILES string of the molecule is CCC(C)(Nc1ccc2ccccc2n1)C(N)=O. The number of carbonyl (C=O) groups is 1. The minimum Gasteiger partial charge on any atom is -0.368 e. The van der Waals surface area contributed by atoms with Crippen molar-refractivity contribution >= 4 is 22.6 Å². The van der Waals surface area contributed by atoms with E-state index < -0.39 is 5.54 Å². The molecule has 94 valence electrons. The molecule has 0 saturated carbocycles. The minimum atomic E-state index is -0.768. The molecule has 0 aliphatic rings. The van der Waals surface area contributed by atoms with Crippen molar-refractivity contribution in [1.82, 2.24) is 4.98 Å². The molecule has 1 aromatic carbocycles. The number of carbonyl (C=O) groups excluding carboxylic acids is 1. The number of pyridine rings is 1. The third-order valence-corrected chi connectivity index (χ3v) is 3.25. The predicted molar refractivity (Wildman–Crippen MR) is 73.3 cm³/mol. The number of hydrogen-bond donors (Lipinski definition) is 2. The van der Waals surface area contributed by atoms with Gasteiger partial charge < -0.3 is 11.1 Å². The number of fused-ring (bicyclic) bond motifs is 1. The van der Waals surface area contributed by atoms with Crippen LogP contribution >= 0.6 is 0 Å². The fourth-order valence-electron chi connectivity index (χ4n) is 1.74. The van der Waals surface area contributed by atoms with Crippen LogP contribution in [0.4, 0.5) is 5.82 Å². The first kappa shape index (κ1) is 12.4. The summed E-state index contributed by atoms with van der Waals surface area (Å²) in [7, 11) is 0. The van der Waals surface area contributed by atoms with Crippen LogP contribution in [0.2, 0.25) is 0 Å². The van der Waals surface area contributed by atoms with E-state index >= 15 is 0 Å². The van der Waals surface area contributed by atoms with Crippen molar-refractivity contribution in [2.45, 2.75) is 25.8 Å². The van der Waals surface area contributed by atoms with Crippen LogP contribution in [0.15, 0.2) is 36.4 Å². The first-order chi connectivity index (χ1) is 8.55. The lowest BCUT2D eigenvalue weighted by Gasteiger charge is -2.26. The van der Waals surface area contributed by atoms with Gasteiger partial charge in [0.05, 0.1) is 5.52 Å². The molecule has 4 heteroatoms. The van der Waals surface area contributed by atoms with Crippen LogP contribution in [0, 0.1) is 0 Å². The molecular weight excluding hydrogens is 226 g/mol. The van der Waals surface area contributed by atoms with Gasteiger partial charge in [-0.15, -0.1) is 0 Å². The van der Waals surface area contributed by atoms with Crippen LogP contribution in [-0.2, 0) is 4.79 Å². The summed E-state index contributed by atoms with van der Waals surface area (Å²) in [5.74, 6) is 0.289. The van der Waals surface area contributed by atoms with Crippen molar-refractivity contribution in [3.63, 3.8) is 0 Å². The number of nitrogens with zero attached hydrogens (tertiary/aromatic N) is 1. The first-order valence-electron chi connectivity index (χ1n) is 5.99. The molecule has 1 heterocycles. The van der Waals surface area contributed by atoms with E-state index in [-0.39, 0.29) is 5.91 Å². The Bertz CT molecular complexity index is 582. The molecule has 0 aliphatic heterocycles. The molecule has 2 rings (SSSR count). The second-order valence-corrected chi connectivity index (χ2v) is 4.56. The fourth-order valence-corrected chi connectivity index (χ4v) is 1.74. The molecule has 1 unspecified atom stereocenters. The molecule has 1 amide bonds. The molecule has 18 heavy (non-hydrogen) atoms. The van der Waals surface area contributed by atoms with Gasteiger partial charge in [0, 0.05) is 5.39 Å². The van der Waals surface area contributed by atoms with Crippen molar-refractivity contribution in [3.05, 3.63) is 36.4 Å². The molecule has 1 aromatic heterocycles. The summed E-state index contributed by atoms with van der Waals surface area (Å²) in [5.41, 5.74) is 5.54. The summed E-state index contributed by atoms with van der Waals surface area (Å²) in [6.45, 7) is 3.70. The van der Waals surface area contributed by atoms with Crippen LogP contribution in [0.5, 0.6) is 0 Å². The Hall–Kier alpha value is -2.10. The van der Waals surface area contributed by atoms with Gasteiger partial charge in [-0.25, -0.2) is 4.98 Å². The van der Waals surface area contributed by atoms with Crippen molar-refractivity contribution in [1.29, 1.82) is 0 Å². The smallest absolute Gasteiger partial charge is 0.242 e. The zero-order valence-electron chi connectivity index (χ0n) is 10.6. The Labute approximate surface area is 106 Å². The number of aromatic nitrogens is 1. The molecule has 1 atom stereocenters. The highest BCUT2D eigenvalue weighted by atomic mass is 16.1. The lowest BCUT2D eigenvalue weighted by atomic mass is 9.98. The number of para-hydroxylation sites is 1. The van der Waals surface area contributed by atoms with Crippen molar-refractivity contribution < 1.29 is 4.79 Å². The van der Waals surface area contributed by atoms with E-state index in [1.54, 1.807) is 6.92 Å². The monoisotopic (exact) mass is 243 g/mol. The summed E-state index contributed by atoms with van der Waals surface area (Å²) in [6.07, 6.45) is 0.608. The van der Waals surface area contributed by atoms with Crippen LogP contribution in [0.25, 0.3) is 10.9 Å². The number of benzene rings is 1. The highest BCUT2D eigenvalue weighted by Gasteiger charge is 2.28. The van der Waals surface area contributed by atoms with E-state index in [2.05, 4.69) is 10.3 Å². The second kappa shape index (κ2) is 4.64. The van der Waals surface area contributed by atoms with Crippen LogP contribution in [0.1, 0.15) is 20.3 Å².